The largest absolute Gasteiger partial charge is 0.423 e. The van der Waals surface area contributed by atoms with Crippen LogP contribution in [0.25, 0.3) is 0 Å². The molecule has 19 heavy (non-hydrogen) atoms. The van der Waals surface area contributed by atoms with Crippen molar-refractivity contribution in [1.29, 1.82) is 0 Å². The standard InChI is InChI=1S/C17H24O2/c1-3-5-10-15(11-6-4-2)14-17(18)19-16-12-8-7-9-13-16/h7-9,12-14H,3-6,10-11H2,1-2H3. The maximum absolute atomic E-state index is 11.9. The summed E-state index contributed by atoms with van der Waals surface area (Å²) in [6.07, 6.45) is 8.25. The molecule has 0 aliphatic rings. The van der Waals surface area contributed by atoms with Crippen LogP contribution in [0.2, 0.25) is 0 Å². The first-order valence-electron chi connectivity index (χ1n) is 7.22. The Balaban J connectivity index is 2.57. The van der Waals surface area contributed by atoms with Crippen LogP contribution in [0.1, 0.15) is 52.4 Å². The molecule has 0 unspecified atom stereocenters. The Morgan fingerprint density at radius 2 is 1.63 bits per heavy atom. The monoisotopic (exact) mass is 260 g/mol. The summed E-state index contributed by atoms with van der Waals surface area (Å²) >= 11 is 0. The number of allylic oxidation sites excluding steroid dienone is 1. The van der Waals surface area contributed by atoms with Gasteiger partial charge in [-0.25, -0.2) is 4.79 Å². The second kappa shape index (κ2) is 9.37. The van der Waals surface area contributed by atoms with Gasteiger partial charge in [-0.05, 0) is 37.8 Å². The summed E-state index contributed by atoms with van der Waals surface area (Å²) in [7, 11) is 0. The van der Waals surface area contributed by atoms with Gasteiger partial charge in [0.05, 0.1) is 0 Å². The maximum Gasteiger partial charge on any atom is 0.336 e. The molecule has 0 saturated carbocycles. The van der Waals surface area contributed by atoms with Crippen molar-refractivity contribution in [3.63, 3.8) is 0 Å². The van der Waals surface area contributed by atoms with Crippen molar-refractivity contribution in [3.05, 3.63) is 42.0 Å². The highest BCUT2D eigenvalue weighted by Crippen LogP contribution is 2.16. The van der Waals surface area contributed by atoms with Gasteiger partial charge >= 0.3 is 5.97 Å². The summed E-state index contributed by atoms with van der Waals surface area (Å²) in [6.45, 7) is 4.33. The Bertz CT molecular complexity index is 383. The first kappa shape index (κ1) is 15.5. The summed E-state index contributed by atoms with van der Waals surface area (Å²) < 4.78 is 5.29. The fourth-order valence-electron chi connectivity index (χ4n) is 1.88. The van der Waals surface area contributed by atoms with Gasteiger partial charge in [-0.2, -0.15) is 0 Å². The van der Waals surface area contributed by atoms with E-state index in [1.807, 2.05) is 18.2 Å². The summed E-state index contributed by atoms with van der Waals surface area (Å²) in [5.41, 5.74) is 1.21. The lowest BCUT2D eigenvalue weighted by molar-refractivity contribution is -0.129. The smallest absolute Gasteiger partial charge is 0.336 e. The van der Waals surface area contributed by atoms with Crippen molar-refractivity contribution in [2.45, 2.75) is 52.4 Å². The fraction of sp³-hybridized carbons (Fsp3) is 0.471. The van der Waals surface area contributed by atoms with E-state index in [0.717, 1.165) is 38.5 Å². The number of para-hydroxylation sites is 1. The molecule has 0 aromatic heterocycles. The van der Waals surface area contributed by atoms with Crippen molar-refractivity contribution in [2.24, 2.45) is 0 Å². The molecule has 1 aromatic rings. The summed E-state index contributed by atoms with van der Waals surface area (Å²) in [5.74, 6) is 0.350. The van der Waals surface area contributed by atoms with Gasteiger partial charge in [0.25, 0.3) is 0 Å². The second-order valence-electron chi connectivity index (χ2n) is 4.74. The molecular weight excluding hydrogens is 236 g/mol. The van der Waals surface area contributed by atoms with E-state index < -0.39 is 0 Å². The highest BCUT2D eigenvalue weighted by atomic mass is 16.5. The third kappa shape index (κ3) is 6.80. The zero-order valence-electron chi connectivity index (χ0n) is 12.0. The molecular formula is C17H24O2. The van der Waals surface area contributed by atoms with E-state index in [4.69, 9.17) is 4.74 Å². The average molecular weight is 260 g/mol. The molecule has 0 aliphatic heterocycles. The van der Waals surface area contributed by atoms with E-state index in [1.165, 1.54) is 5.57 Å². The number of hydrogen-bond donors (Lipinski definition) is 0. The van der Waals surface area contributed by atoms with E-state index in [2.05, 4.69) is 13.8 Å². The van der Waals surface area contributed by atoms with Crippen LogP contribution in [-0.2, 0) is 4.79 Å². The first-order valence-corrected chi connectivity index (χ1v) is 7.22. The molecule has 0 bridgehead atoms. The summed E-state index contributed by atoms with van der Waals surface area (Å²) in [4.78, 5) is 11.9. The molecule has 0 saturated heterocycles. The Morgan fingerprint density at radius 1 is 1.05 bits per heavy atom. The van der Waals surface area contributed by atoms with Crippen molar-refractivity contribution in [3.8, 4) is 5.75 Å². The van der Waals surface area contributed by atoms with E-state index in [1.54, 1.807) is 18.2 Å². The van der Waals surface area contributed by atoms with E-state index in [0.29, 0.717) is 5.75 Å². The van der Waals surface area contributed by atoms with Crippen LogP contribution in [-0.4, -0.2) is 5.97 Å². The van der Waals surface area contributed by atoms with Crippen LogP contribution < -0.4 is 4.74 Å². The van der Waals surface area contributed by atoms with E-state index in [9.17, 15) is 4.79 Å². The molecule has 2 nitrogen and oxygen atoms in total. The number of ether oxygens (including phenoxy) is 1. The Labute approximate surface area is 116 Å². The van der Waals surface area contributed by atoms with Gasteiger partial charge in [0.2, 0.25) is 0 Å². The van der Waals surface area contributed by atoms with Gasteiger partial charge in [0.15, 0.2) is 0 Å². The zero-order chi connectivity index (χ0) is 13.9. The zero-order valence-corrected chi connectivity index (χ0v) is 12.0. The summed E-state index contributed by atoms with van der Waals surface area (Å²) in [5, 5.41) is 0. The normalized spacial score (nSPS) is 10.0. The van der Waals surface area contributed by atoms with Crippen molar-refractivity contribution in [2.75, 3.05) is 0 Å². The van der Waals surface area contributed by atoms with Crippen molar-refractivity contribution in [1.82, 2.24) is 0 Å². The number of esters is 1. The molecule has 1 rings (SSSR count). The quantitative estimate of drug-likeness (QED) is 0.377. The molecule has 0 fully saturated rings. The SMILES string of the molecule is CCCCC(=CC(=O)Oc1ccccc1)CCCC. The minimum atomic E-state index is -0.256. The lowest BCUT2D eigenvalue weighted by Crippen LogP contribution is -2.05. The molecule has 104 valence electrons. The highest BCUT2D eigenvalue weighted by Gasteiger charge is 2.04. The molecule has 0 heterocycles. The first-order chi connectivity index (χ1) is 9.26. The number of rotatable bonds is 8. The molecule has 0 spiro atoms. The van der Waals surface area contributed by atoms with Crippen molar-refractivity contribution >= 4 is 5.97 Å². The van der Waals surface area contributed by atoms with Crippen LogP contribution in [0.5, 0.6) is 5.75 Å². The Kier molecular flexibility index (Phi) is 7.64. The maximum atomic E-state index is 11.9. The summed E-state index contributed by atoms with van der Waals surface area (Å²) in [6, 6.07) is 9.22. The van der Waals surface area contributed by atoms with Crippen LogP contribution in [0.15, 0.2) is 42.0 Å². The fourth-order valence-corrected chi connectivity index (χ4v) is 1.88. The van der Waals surface area contributed by atoms with E-state index in [-0.39, 0.29) is 5.97 Å². The third-order valence-electron chi connectivity index (χ3n) is 2.99. The van der Waals surface area contributed by atoms with Crippen LogP contribution in [0, 0.1) is 0 Å². The predicted molar refractivity (Wildman–Crippen MR) is 79.2 cm³/mol. The van der Waals surface area contributed by atoms with Gasteiger partial charge < -0.3 is 4.74 Å². The molecule has 0 aliphatic carbocycles. The minimum absolute atomic E-state index is 0.256. The highest BCUT2D eigenvalue weighted by molar-refractivity contribution is 5.84. The van der Waals surface area contributed by atoms with E-state index >= 15 is 0 Å². The molecule has 0 N–H and O–H groups in total. The number of carbonyl (C=O) groups excluding carboxylic acids is 1. The van der Waals surface area contributed by atoms with Gasteiger partial charge in [0, 0.05) is 6.08 Å². The third-order valence-corrected chi connectivity index (χ3v) is 2.99. The Hall–Kier alpha value is -1.57. The van der Waals surface area contributed by atoms with Crippen molar-refractivity contribution < 1.29 is 9.53 Å². The topological polar surface area (TPSA) is 26.3 Å². The minimum Gasteiger partial charge on any atom is -0.423 e. The molecule has 1 aromatic carbocycles. The number of hydrogen-bond acceptors (Lipinski definition) is 2. The average Bonchev–Trinajstić information content (AvgIpc) is 2.43. The number of benzene rings is 1. The molecule has 2 heteroatoms. The second-order valence-corrected chi connectivity index (χ2v) is 4.74. The lowest BCUT2D eigenvalue weighted by Gasteiger charge is -2.06. The van der Waals surface area contributed by atoms with Gasteiger partial charge in [-0.3, -0.25) is 0 Å². The predicted octanol–water partition coefficient (Wildman–Crippen LogP) is 4.90. The van der Waals surface area contributed by atoms with Gasteiger partial charge in [0.1, 0.15) is 5.75 Å². The lowest BCUT2D eigenvalue weighted by atomic mass is 10.0. The van der Waals surface area contributed by atoms with Crippen LogP contribution >= 0.6 is 0 Å². The van der Waals surface area contributed by atoms with Crippen LogP contribution in [0.4, 0.5) is 0 Å². The Morgan fingerprint density at radius 3 is 2.16 bits per heavy atom. The van der Waals surface area contributed by atoms with Crippen LogP contribution in [0.3, 0.4) is 0 Å². The van der Waals surface area contributed by atoms with Gasteiger partial charge in [-0.1, -0.05) is 50.5 Å². The van der Waals surface area contributed by atoms with Gasteiger partial charge in [-0.15, -0.1) is 0 Å². The molecule has 0 amide bonds. The number of carbonyl (C=O) groups is 1. The molecule has 0 radical (unpaired) electrons. The molecule has 0 atom stereocenters. The number of unbranched alkanes of at least 4 members (excludes halogenated alkanes) is 2.